The van der Waals surface area contributed by atoms with Gasteiger partial charge in [-0.25, -0.2) is 4.39 Å². The third-order valence-corrected chi connectivity index (χ3v) is 4.75. The van der Waals surface area contributed by atoms with E-state index in [0.717, 1.165) is 31.1 Å². The van der Waals surface area contributed by atoms with E-state index in [9.17, 15) is 4.39 Å². The lowest BCUT2D eigenvalue weighted by atomic mass is 9.67. The van der Waals surface area contributed by atoms with E-state index in [-0.39, 0.29) is 5.82 Å². The first-order valence-electron chi connectivity index (χ1n) is 8.36. The van der Waals surface area contributed by atoms with Gasteiger partial charge in [-0.1, -0.05) is 24.6 Å². The summed E-state index contributed by atoms with van der Waals surface area (Å²) in [6.07, 6.45) is 5.51. The minimum Gasteiger partial charge on any atom is -0.385 e. The average molecular weight is 321 g/mol. The van der Waals surface area contributed by atoms with Gasteiger partial charge in [-0.15, -0.1) is 0 Å². The summed E-state index contributed by atoms with van der Waals surface area (Å²) in [7, 11) is 3.52. The number of ether oxygens (including phenoxy) is 1. The number of benzene rings is 1. The van der Waals surface area contributed by atoms with Crippen LogP contribution >= 0.6 is 0 Å². The Balaban J connectivity index is 1.74. The first-order chi connectivity index (χ1) is 11.2. The number of nitrogens with one attached hydrogen (secondary N) is 2. The van der Waals surface area contributed by atoms with E-state index in [4.69, 9.17) is 4.74 Å². The van der Waals surface area contributed by atoms with Crippen molar-refractivity contribution in [2.45, 2.75) is 32.1 Å². The second-order valence-corrected chi connectivity index (χ2v) is 6.29. The number of rotatable bonds is 8. The molecule has 2 N–H and O–H groups in total. The molecule has 0 spiro atoms. The molecule has 1 aliphatic carbocycles. The fourth-order valence-corrected chi connectivity index (χ4v) is 3.02. The Labute approximate surface area is 138 Å². The van der Waals surface area contributed by atoms with E-state index < -0.39 is 0 Å². The number of hydrogen-bond acceptors (Lipinski definition) is 2. The van der Waals surface area contributed by atoms with Crippen molar-refractivity contribution < 1.29 is 9.13 Å². The third kappa shape index (κ3) is 5.20. The second-order valence-electron chi connectivity index (χ2n) is 6.29. The molecule has 23 heavy (non-hydrogen) atoms. The van der Waals surface area contributed by atoms with Gasteiger partial charge in [-0.3, -0.25) is 4.99 Å². The molecule has 2 rings (SSSR count). The van der Waals surface area contributed by atoms with E-state index in [1.54, 1.807) is 20.2 Å². The molecule has 0 aromatic heterocycles. The van der Waals surface area contributed by atoms with Crippen LogP contribution in [0.5, 0.6) is 0 Å². The molecule has 1 fully saturated rings. The minimum absolute atomic E-state index is 0.148. The Morgan fingerprint density at radius 1 is 1.30 bits per heavy atom. The van der Waals surface area contributed by atoms with E-state index in [2.05, 4.69) is 15.6 Å². The molecule has 128 valence electrons. The predicted octanol–water partition coefficient (Wildman–Crippen LogP) is 2.74. The summed E-state index contributed by atoms with van der Waals surface area (Å²) in [5.41, 5.74) is 1.07. The maximum atomic E-state index is 13.6. The molecule has 1 aromatic rings. The number of methoxy groups -OCH3 is 1. The highest BCUT2D eigenvalue weighted by atomic mass is 19.1. The van der Waals surface area contributed by atoms with Gasteiger partial charge < -0.3 is 15.4 Å². The van der Waals surface area contributed by atoms with Crippen molar-refractivity contribution in [3.8, 4) is 0 Å². The molecular formula is C18H28FN3O. The van der Waals surface area contributed by atoms with Gasteiger partial charge in [-0.05, 0) is 42.7 Å². The zero-order valence-corrected chi connectivity index (χ0v) is 14.2. The first-order valence-corrected chi connectivity index (χ1v) is 8.36. The largest absolute Gasteiger partial charge is 0.385 e. The molecule has 0 heterocycles. The van der Waals surface area contributed by atoms with Crippen LogP contribution < -0.4 is 10.6 Å². The zero-order valence-electron chi connectivity index (χ0n) is 14.2. The number of aliphatic imine (C=N–C) groups is 1. The van der Waals surface area contributed by atoms with Crippen molar-refractivity contribution in [2.75, 3.05) is 33.9 Å². The van der Waals surface area contributed by atoms with Crippen molar-refractivity contribution >= 4 is 5.96 Å². The normalized spacial score (nSPS) is 16.7. The van der Waals surface area contributed by atoms with Crippen molar-refractivity contribution in [3.63, 3.8) is 0 Å². The molecule has 0 aliphatic heterocycles. The molecule has 4 nitrogen and oxygen atoms in total. The van der Waals surface area contributed by atoms with Crippen molar-refractivity contribution in [1.29, 1.82) is 0 Å². The standard InChI is InChI=1S/C18H28FN3O/c1-20-17(21-12-8-15-6-3-4-7-16(15)19)22-14-18(9-5-10-18)11-13-23-2/h3-4,6-7H,5,8-14H2,1-2H3,(H2,20,21,22). The van der Waals surface area contributed by atoms with E-state index in [1.807, 2.05) is 12.1 Å². The fourth-order valence-electron chi connectivity index (χ4n) is 3.02. The van der Waals surface area contributed by atoms with Crippen LogP contribution in [0.15, 0.2) is 29.3 Å². The lowest BCUT2D eigenvalue weighted by Crippen LogP contribution is -2.47. The number of hydrogen-bond donors (Lipinski definition) is 2. The van der Waals surface area contributed by atoms with Crippen molar-refractivity contribution in [1.82, 2.24) is 10.6 Å². The molecule has 0 unspecified atom stereocenters. The maximum absolute atomic E-state index is 13.6. The molecule has 0 saturated heterocycles. The Morgan fingerprint density at radius 2 is 2.09 bits per heavy atom. The van der Waals surface area contributed by atoms with Gasteiger partial charge in [0.2, 0.25) is 0 Å². The Bertz CT molecular complexity index is 515. The van der Waals surface area contributed by atoms with E-state index in [0.29, 0.717) is 18.4 Å². The molecular weight excluding hydrogens is 293 g/mol. The third-order valence-electron chi connectivity index (χ3n) is 4.75. The summed E-state index contributed by atoms with van der Waals surface area (Å²) < 4.78 is 18.8. The SMILES string of the molecule is CN=C(NCCc1ccccc1F)NCC1(CCOC)CCC1. The Morgan fingerprint density at radius 3 is 2.70 bits per heavy atom. The topological polar surface area (TPSA) is 45.7 Å². The predicted molar refractivity (Wildman–Crippen MR) is 92.2 cm³/mol. The summed E-state index contributed by atoms with van der Waals surface area (Å²) in [5, 5.41) is 6.67. The van der Waals surface area contributed by atoms with Gasteiger partial charge in [0.25, 0.3) is 0 Å². The zero-order chi connectivity index (χ0) is 16.5. The highest BCUT2D eigenvalue weighted by molar-refractivity contribution is 5.79. The molecule has 0 amide bonds. The average Bonchev–Trinajstić information content (AvgIpc) is 2.53. The van der Waals surface area contributed by atoms with Gasteiger partial charge in [0, 0.05) is 33.9 Å². The Kier molecular flexibility index (Phi) is 6.84. The number of guanidine groups is 1. The molecule has 1 aromatic carbocycles. The van der Waals surface area contributed by atoms with Gasteiger partial charge in [-0.2, -0.15) is 0 Å². The molecule has 0 radical (unpaired) electrons. The highest BCUT2D eigenvalue weighted by Gasteiger charge is 2.36. The molecule has 0 bridgehead atoms. The summed E-state index contributed by atoms with van der Waals surface area (Å²) in [4.78, 5) is 4.25. The molecule has 1 saturated carbocycles. The van der Waals surface area contributed by atoms with Crippen molar-refractivity contribution in [3.05, 3.63) is 35.6 Å². The van der Waals surface area contributed by atoms with Gasteiger partial charge in [0.1, 0.15) is 5.82 Å². The van der Waals surface area contributed by atoms with Crippen LogP contribution in [-0.2, 0) is 11.2 Å². The highest BCUT2D eigenvalue weighted by Crippen LogP contribution is 2.43. The van der Waals surface area contributed by atoms with Crippen LogP contribution in [0, 0.1) is 11.2 Å². The van der Waals surface area contributed by atoms with Crippen LogP contribution in [-0.4, -0.2) is 39.8 Å². The Hall–Kier alpha value is -1.62. The van der Waals surface area contributed by atoms with Crippen LogP contribution in [0.3, 0.4) is 0 Å². The lowest BCUT2D eigenvalue weighted by molar-refractivity contribution is 0.0732. The minimum atomic E-state index is -0.148. The number of halogens is 1. The lowest BCUT2D eigenvalue weighted by Gasteiger charge is -2.42. The summed E-state index contributed by atoms with van der Waals surface area (Å²) in [6, 6.07) is 6.90. The summed E-state index contributed by atoms with van der Waals surface area (Å²) in [6.45, 7) is 2.38. The van der Waals surface area contributed by atoms with Crippen LogP contribution in [0.1, 0.15) is 31.2 Å². The molecule has 1 aliphatic rings. The van der Waals surface area contributed by atoms with Crippen molar-refractivity contribution in [2.24, 2.45) is 10.4 Å². The fraction of sp³-hybridized carbons (Fsp3) is 0.611. The monoisotopic (exact) mass is 321 g/mol. The van der Waals surface area contributed by atoms with Crippen LogP contribution in [0.4, 0.5) is 4.39 Å². The smallest absolute Gasteiger partial charge is 0.191 e. The molecule has 0 atom stereocenters. The number of nitrogens with zero attached hydrogens (tertiary/aromatic N) is 1. The van der Waals surface area contributed by atoms with Gasteiger partial charge in [0.05, 0.1) is 0 Å². The van der Waals surface area contributed by atoms with Crippen LogP contribution in [0.2, 0.25) is 0 Å². The van der Waals surface area contributed by atoms with Crippen LogP contribution in [0.25, 0.3) is 0 Å². The summed E-state index contributed by atoms with van der Waals surface area (Å²) >= 11 is 0. The summed E-state index contributed by atoms with van der Waals surface area (Å²) in [5.74, 6) is 0.635. The first kappa shape index (κ1) is 17.7. The van der Waals surface area contributed by atoms with E-state index in [1.165, 1.54) is 25.3 Å². The quantitative estimate of drug-likeness (QED) is 0.572. The van der Waals surface area contributed by atoms with Gasteiger partial charge >= 0.3 is 0 Å². The van der Waals surface area contributed by atoms with E-state index >= 15 is 0 Å². The maximum Gasteiger partial charge on any atom is 0.191 e. The second kappa shape index (κ2) is 8.87. The van der Waals surface area contributed by atoms with Gasteiger partial charge in [0.15, 0.2) is 5.96 Å². The molecule has 5 heteroatoms.